The number of hydrogen-bond donors (Lipinski definition) is 0. The normalized spacial score (nSPS) is 23.9. The molecule has 1 saturated carbocycles. The van der Waals surface area contributed by atoms with Crippen LogP contribution in [0.5, 0.6) is 0 Å². The van der Waals surface area contributed by atoms with Gasteiger partial charge in [-0.25, -0.2) is 0 Å². The summed E-state index contributed by atoms with van der Waals surface area (Å²) < 4.78 is 12.9. The summed E-state index contributed by atoms with van der Waals surface area (Å²) in [6, 6.07) is 10.4. The third-order valence-corrected chi connectivity index (χ3v) is 4.12. The molecule has 1 aromatic rings. The minimum atomic E-state index is -0.629. The third kappa shape index (κ3) is 3.67. The van der Waals surface area contributed by atoms with Crippen LogP contribution in [0.2, 0.25) is 0 Å². The lowest BCUT2D eigenvalue weighted by Crippen LogP contribution is -2.12. The maximum Gasteiger partial charge on any atom is 0.196 e. The lowest BCUT2D eigenvalue weighted by molar-refractivity contribution is 0.372. The Balaban J connectivity index is 1.94. The molecule has 0 radical (unpaired) electrons. The fourth-order valence-corrected chi connectivity index (χ4v) is 2.89. The smallest absolute Gasteiger partial charge is 0.195 e. The van der Waals surface area contributed by atoms with E-state index in [4.69, 9.17) is 5.26 Å². The number of nitriles is 1. The number of hydrogen-bond acceptors (Lipinski definition) is 1. The quantitative estimate of drug-likeness (QED) is 0.706. The molecule has 0 N–H and O–H groups in total. The summed E-state index contributed by atoms with van der Waals surface area (Å²) in [6.07, 6.45) is 6.71. The first-order valence-corrected chi connectivity index (χ1v) is 7.09. The van der Waals surface area contributed by atoms with Crippen molar-refractivity contribution in [1.82, 2.24) is 0 Å². The molecule has 1 fully saturated rings. The molecule has 0 saturated heterocycles. The number of aryl methyl sites for hydroxylation is 1. The summed E-state index contributed by atoms with van der Waals surface area (Å²) in [4.78, 5) is 0. The van der Waals surface area contributed by atoms with Crippen LogP contribution in [-0.2, 0) is 6.42 Å². The second-order valence-corrected chi connectivity index (χ2v) is 5.33. The van der Waals surface area contributed by atoms with Gasteiger partial charge >= 0.3 is 0 Å². The van der Waals surface area contributed by atoms with Crippen LogP contribution in [0, 0.1) is 17.2 Å². The van der Waals surface area contributed by atoms with Gasteiger partial charge in [0.15, 0.2) is 5.83 Å². The van der Waals surface area contributed by atoms with Gasteiger partial charge in [-0.1, -0.05) is 31.2 Å². The Morgan fingerprint density at radius 1 is 1.26 bits per heavy atom. The van der Waals surface area contributed by atoms with Crippen molar-refractivity contribution in [2.24, 2.45) is 5.92 Å². The van der Waals surface area contributed by atoms with Gasteiger partial charge in [0, 0.05) is 0 Å². The molecule has 0 bridgehead atoms. The second-order valence-electron chi connectivity index (χ2n) is 5.33. The molecule has 1 aromatic carbocycles. The Hall–Kier alpha value is -1.62. The Kier molecular flexibility index (Phi) is 4.74. The van der Waals surface area contributed by atoms with Crippen molar-refractivity contribution in [3.63, 3.8) is 0 Å². The Labute approximate surface area is 114 Å². The highest BCUT2D eigenvalue weighted by Gasteiger charge is 2.21. The molecule has 0 atom stereocenters. The lowest BCUT2D eigenvalue weighted by atomic mass is 9.78. The maximum atomic E-state index is 12.9. The minimum Gasteiger partial charge on any atom is -0.195 e. The van der Waals surface area contributed by atoms with E-state index < -0.39 is 5.83 Å². The van der Waals surface area contributed by atoms with Crippen LogP contribution in [0.3, 0.4) is 0 Å². The van der Waals surface area contributed by atoms with E-state index in [0.29, 0.717) is 5.92 Å². The van der Waals surface area contributed by atoms with E-state index in [0.717, 1.165) is 32.1 Å². The van der Waals surface area contributed by atoms with Crippen molar-refractivity contribution in [2.45, 2.75) is 44.9 Å². The van der Waals surface area contributed by atoms with E-state index in [1.807, 2.05) is 0 Å². The Morgan fingerprint density at radius 2 is 1.89 bits per heavy atom. The zero-order valence-electron chi connectivity index (χ0n) is 11.4. The highest BCUT2D eigenvalue weighted by molar-refractivity contribution is 5.26. The van der Waals surface area contributed by atoms with Gasteiger partial charge in [-0.05, 0) is 61.1 Å². The first kappa shape index (κ1) is 13.8. The summed E-state index contributed by atoms with van der Waals surface area (Å²) in [5, 5.41) is 8.45. The second kappa shape index (κ2) is 6.52. The SMILES string of the molecule is CCc1ccc([C@H]2CC[C@H](/C=C(/F)C#N)CC2)cc1. The van der Waals surface area contributed by atoms with E-state index >= 15 is 0 Å². The van der Waals surface area contributed by atoms with Gasteiger partial charge in [-0.3, -0.25) is 0 Å². The van der Waals surface area contributed by atoms with E-state index in [-0.39, 0.29) is 5.92 Å². The van der Waals surface area contributed by atoms with Crippen LogP contribution < -0.4 is 0 Å². The standard InChI is InChI=1S/C17H20FN/c1-2-13-3-7-15(8-4-13)16-9-5-14(6-10-16)11-17(18)12-19/h3-4,7-8,11,14,16H,2,5-6,9-10H2,1H3/b17-11+/t14-,16-. The van der Waals surface area contributed by atoms with Gasteiger partial charge in [0.05, 0.1) is 0 Å². The Bertz CT molecular complexity index is 473. The molecular weight excluding hydrogens is 237 g/mol. The first-order valence-electron chi connectivity index (χ1n) is 7.09. The van der Waals surface area contributed by atoms with Gasteiger partial charge in [0.2, 0.25) is 0 Å². The van der Waals surface area contributed by atoms with Crippen molar-refractivity contribution in [1.29, 1.82) is 5.26 Å². The van der Waals surface area contributed by atoms with Gasteiger partial charge < -0.3 is 0 Å². The summed E-state index contributed by atoms with van der Waals surface area (Å²) in [5.74, 6) is 0.210. The minimum absolute atomic E-state index is 0.241. The molecule has 2 rings (SSSR count). The van der Waals surface area contributed by atoms with Crippen molar-refractivity contribution in [3.05, 3.63) is 47.3 Å². The largest absolute Gasteiger partial charge is 0.196 e. The van der Waals surface area contributed by atoms with Crippen LogP contribution in [0.25, 0.3) is 0 Å². The van der Waals surface area contributed by atoms with E-state index in [2.05, 4.69) is 31.2 Å². The molecule has 1 aliphatic rings. The molecule has 0 unspecified atom stereocenters. The topological polar surface area (TPSA) is 23.8 Å². The Morgan fingerprint density at radius 3 is 2.42 bits per heavy atom. The molecule has 19 heavy (non-hydrogen) atoms. The zero-order valence-corrected chi connectivity index (χ0v) is 11.4. The van der Waals surface area contributed by atoms with Crippen molar-refractivity contribution >= 4 is 0 Å². The molecule has 0 spiro atoms. The van der Waals surface area contributed by atoms with Gasteiger partial charge in [0.1, 0.15) is 6.07 Å². The van der Waals surface area contributed by atoms with Crippen LogP contribution in [0.1, 0.15) is 49.7 Å². The fraction of sp³-hybridized carbons (Fsp3) is 0.471. The van der Waals surface area contributed by atoms with Gasteiger partial charge in [-0.2, -0.15) is 9.65 Å². The molecule has 0 aliphatic heterocycles. The monoisotopic (exact) mass is 257 g/mol. The third-order valence-electron chi connectivity index (χ3n) is 4.12. The number of rotatable bonds is 3. The van der Waals surface area contributed by atoms with E-state index in [9.17, 15) is 4.39 Å². The zero-order chi connectivity index (χ0) is 13.7. The van der Waals surface area contributed by atoms with Crippen LogP contribution in [-0.4, -0.2) is 0 Å². The number of nitrogens with zero attached hydrogens (tertiary/aromatic N) is 1. The van der Waals surface area contributed by atoms with Crippen LogP contribution in [0.4, 0.5) is 4.39 Å². The van der Waals surface area contributed by atoms with Crippen LogP contribution >= 0.6 is 0 Å². The summed E-state index contributed by atoms with van der Waals surface area (Å²) >= 11 is 0. The van der Waals surface area contributed by atoms with Crippen molar-refractivity contribution in [3.8, 4) is 6.07 Å². The average molecular weight is 257 g/mol. The average Bonchev–Trinajstić information content (AvgIpc) is 2.48. The number of halogens is 1. The van der Waals surface area contributed by atoms with Crippen molar-refractivity contribution < 1.29 is 4.39 Å². The maximum absolute atomic E-state index is 12.9. The fourth-order valence-electron chi connectivity index (χ4n) is 2.89. The molecule has 0 aromatic heterocycles. The van der Waals surface area contributed by atoms with Crippen molar-refractivity contribution in [2.75, 3.05) is 0 Å². The predicted molar refractivity (Wildman–Crippen MR) is 75.3 cm³/mol. The molecule has 0 heterocycles. The number of benzene rings is 1. The molecular formula is C17H20FN. The summed E-state index contributed by atoms with van der Waals surface area (Å²) in [7, 11) is 0. The van der Waals surface area contributed by atoms with E-state index in [1.54, 1.807) is 6.07 Å². The molecule has 100 valence electrons. The lowest BCUT2D eigenvalue weighted by Gasteiger charge is -2.27. The highest BCUT2D eigenvalue weighted by Crippen LogP contribution is 2.36. The number of allylic oxidation sites excluding steroid dienone is 2. The van der Waals surface area contributed by atoms with Crippen LogP contribution in [0.15, 0.2) is 36.2 Å². The highest BCUT2D eigenvalue weighted by atomic mass is 19.1. The molecule has 1 nitrogen and oxygen atoms in total. The van der Waals surface area contributed by atoms with Gasteiger partial charge in [0.25, 0.3) is 0 Å². The molecule has 0 amide bonds. The molecule has 1 aliphatic carbocycles. The summed E-state index contributed by atoms with van der Waals surface area (Å²) in [6.45, 7) is 2.16. The van der Waals surface area contributed by atoms with E-state index in [1.165, 1.54) is 17.2 Å². The van der Waals surface area contributed by atoms with Gasteiger partial charge in [-0.15, -0.1) is 0 Å². The molecule has 2 heteroatoms. The first-order chi connectivity index (χ1) is 9.22. The summed E-state index contributed by atoms with van der Waals surface area (Å²) in [5.41, 5.74) is 2.77. The predicted octanol–water partition coefficient (Wildman–Crippen LogP) is 4.90.